The van der Waals surface area contributed by atoms with Crippen LogP contribution in [0.5, 0.6) is 0 Å². The normalized spacial score (nSPS) is 13.3. The van der Waals surface area contributed by atoms with Gasteiger partial charge in [0.2, 0.25) is 0 Å². The quantitative estimate of drug-likeness (QED) is 0.657. The van der Waals surface area contributed by atoms with Crippen molar-refractivity contribution in [3.05, 3.63) is 59.4 Å². The van der Waals surface area contributed by atoms with Crippen LogP contribution in [-0.4, -0.2) is 34.5 Å². The average Bonchev–Trinajstić information content (AvgIpc) is 3.13. The van der Waals surface area contributed by atoms with Crippen molar-refractivity contribution in [3.63, 3.8) is 0 Å². The zero-order chi connectivity index (χ0) is 19.7. The largest absolute Gasteiger partial charge is 0.326 e. The van der Waals surface area contributed by atoms with Crippen LogP contribution in [0.25, 0.3) is 11.3 Å². The highest BCUT2D eigenvalue weighted by Crippen LogP contribution is 2.32. The number of aryl methyl sites for hydroxylation is 1. The Hall–Kier alpha value is -2.42. The van der Waals surface area contributed by atoms with Crippen LogP contribution in [0, 0.1) is 6.92 Å². The van der Waals surface area contributed by atoms with Crippen LogP contribution in [-0.2, 0) is 13.0 Å². The fourth-order valence-electron chi connectivity index (χ4n) is 3.33. The summed E-state index contributed by atoms with van der Waals surface area (Å²) in [5.41, 5.74) is 5.33. The van der Waals surface area contributed by atoms with Crippen molar-refractivity contribution in [3.8, 4) is 11.3 Å². The Balaban J connectivity index is 1.54. The number of rotatable bonds is 3. The Bertz CT molecular complexity index is 1010. The van der Waals surface area contributed by atoms with Gasteiger partial charge >= 0.3 is 6.03 Å². The van der Waals surface area contributed by atoms with E-state index in [1.54, 1.807) is 18.1 Å². The summed E-state index contributed by atoms with van der Waals surface area (Å²) in [6.45, 7) is 3.19. The van der Waals surface area contributed by atoms with Crippen LogP contribution in [0.4, 0.5) is 9.93 Å². The van der Waals surface area contributed by atoms with Gasteiger partial charge < -0.3 is 4.90 Å². The number of pyridine rings is 1. The van der Waals surface area contributed by atoms with Crippen LogP contribution in [0.15, 0.2) is 46.8 Å². The van der Waals surface area contributed by atoms with Gasteiger partial charge in [0.1, 0.15) is 0 Å². The molecule has 1 aromatic carbocycles. The predicted octanol–water partition coefficient (Wildman–Crippen LogP) is 4.09. The van der Waals surface area contributed by atoms with E-state index in [-0.39, 0.29) is 6.03 Å². The van der Waals surface area contributed by atoms with E-state index in [0.29, 0.717) is 18.2 Å². The lowest BCUT2D eigenvalue weighted by atomic mass is 9.96. The molecule has 4 rings (SSSR count). The first kappa shape index (κ1) is 18.9. The van der Waals surface area contributed by atoms with Gasteiger partial charge in [-0.05, 0) is 54.6 Å². The molecule has 0 radical (unpaired) electrons. The van der Waals surface area contributed by atoms with Gasteiger partial charge in [-0.15, -0.1) is 0 Å². The lowest BCUT2D eigenvalue weighted by molar-refractivity contribution is 0.200. The van der Waals surface area contributed by atoms with Crippen molar-refractivity contribution in [2.75, 3.05) is 18.5 Å². The second-order valence-corrected chi connectivity index (χ2v) is 8.58. The van der Waals surface area contributed by atoms with Gasteiger partial charge in [-0.2, -0.15) is 0 Å². The second kappa shape index (κ2) is 7.90. The number of urea groups is 1. The Kier molecular flexibility index (Phi) is 5.34. The molecule has 0 saturated heterocycles. The maximum atomic E-state index is 13.0. The molecule has 3 heterocycles. The number of carbonyl (C=O) groups excluding carboxylic acids is 1. The molecule has 144 valence electrons. The summed E-state index contributed by atoms with van der Waals surface area (Å²) in [5, 5.41) is 6.34. The highest BCUT2D eigenvalue weighted by Gasteiger charge is 2.26. The molecule has 1 aliphatic rings. The minimum absolute atomic E-state index is 0.0452. The first-order valence-corrected chi connectivity index (χ1v) is 10.7. The molecule has 0 aliphatic carbocycles. The molecule has 2 amide bonds. The maximum Gasteiger partial charge on any atom is 0.326 e. The van der Waals surface area contributed by atoms with Gasteiger partial charge in [0.15, 0.2) is 5.13 Å². The van der Waals surface area contributed by atoms with Crippen molar-refractivity contribution in [1.82, 2.24) is 14.9 Å². The average molecular weight is 412 g/mol. The summed E-state index contributed by atoms with van der Waals surface area (Å²) in [4.78, 5) is 25.4. The molecule has 0 unspecified atom stereocenters. The zero-order valence-electron chi connectivity index (χ0n) is 15.8. The number of nitrogens with two attached hydrogens (primary N) is 1. The Morgan fingerprint density at radius 2 is 2.14 bits per heavy atom. The number of thiazole rings is 1. The summed E-state index contributed by atoms with van der Waals surface area (Å²) in [6, 6.07) is 12.3. The van der Waals surface area contributed by atoms with E-state index in [1.807, 2.05) is 30.0 Å². The van der Waals surface area contributed by atoms with Crippen LogP contribution < -0.4 is 10.0 Å². The van der Waals surface area contributed by atoms with Gasteiger partial charge in [-0.25, -0.2) is 9.78 Å². The van der Waals surface area contributed by atoms with Crippen LogP contribution in [0.2, 0.25) is 0 Å². The minimum atomic E-state index is -0.0452. The Morgan fingerprint density at radius 3 is 2.86 bits per heavy atom. The van der Waals surface area contributed by atoms with Crippen molar-refractivity contribution >= 4 is 34.4 Å². The molecule has 2 N–H and O–H groups in total. The van der Waals surface area contributed by atoms with Crippen molar-refractivity contribution in [1.29, 1.82) is 0 Å². The molecule has 0 saturated carbocycles. The van der Waals surface area contributed by atoms with Crippen molar-refractivity contribution in [2.24, 2.45) is 5.14 Å². The highest BCUT2D eigenvalue weighted by molar-refractivity contribution is 7.99. The van der Waals surface area contributed by atoms with E-state index in [4.69, 9.17) is 5.14 Å². The van der Waals surface area contributed by atoms with Gasteiger partial charge in [0.25, 0.3) is 0 Å². The minimum Gasteiger partial charge on any atom is -0.320 e. The molecule has 0 fully saturated rings. The monoisotopic (exact) mass is 411 g/mol. The third-order valence-electron chi connectivity index (χ3n) is 4.87. The number of anilines is 1. The molecule has 0 spiro atoms. The number of aromatic nitrogens is 2. The van der Waals surface area contributed by atoms with E-state index in [9.17, 15) is 4.79 Å². The molecular weight excluding hydrogens is 390 g/mol. The second-order valence-electron chi connectivity index (χ2n) is 6.70. The summed E-state index contributed by atoms with van der Waals surface area (Å²) < 4.78 is 0.929. The molecule has 2 aromatic heterocycles. The number of hydrogen-bond donors (Lipinski definition) is 1. The number of carbonyl (C=O) groups is 1. The first-order valence-electron chi connectivity index (χ1n) is 8.97. The van der Waals surface area contributed by atoms with Gasteiger partial charge in [0.05, 0.1) is 15.6 Å². The molecule has 3 aromatic rings. The molecule has 6 nitrogen and oxygen atoms in total. The standard InChI is InChI=1S/C20H21N5OS2/c1-13-18(28-21)27-19(23-13)24(2)20(26)25-10-8-14-6-7-15(11-16(14)12-25)17-5-3-4-9-22-17/h3-7,9,11H,8,10,12,21H2,1-2H3. The first-order chi connectivity index (χ1) is 13.6. The molecule has 1 aliphatic heterocycles. The summed E-state index contributed by atoms with van der Waals surface area (Å²) in [7, 11) is 1.77. The van der Waals surface area contributed by atoms with E-state index in [0.717, 1.165) is 27.6 Å². The van der Waals surface area contributed by atoms with E-state index in [2.05, 4.69) is 28.2 Å². The molecule has 0 atom stereocenters. The summed E-state index contributed by atoms with van der Waals surface area (Å²) in [6.07, 6.45) is 2.64. The third-order valence-corrected chi connectivity index (χ3v) is 6.95. The van der Waals surface area contributed by atoms with Crippen LogP contribution in [0.1, 0.15) is 16.8 Å². The van der Waals surface area contributed by atoms with E-state index in [1.165, 1.54) is 34.4 Å². The number of fused-ring (bicyclic) bond motifs is 1. The number of nitrogens with zero attached hydrogens (tertiary/aromatic N) is 4. The SMILES string of the molecule is Cc1nc(N(C)C(=O)N2CCc3ccc(-c4ccccn4)cc3C2)sc1SN. The van der Waals surface area contributed by atoms with Crippen molar-refractivity contribution in [2.45, 2.75) is 24.1 Å². The maximum absolute atomic E-state index is 13.0. The van der Waals surface area contributed by atoms with Gasteiger partial charge in [-0.3, -0.25) is 15.0 Å². The lowest BCUT2D eigenvalue weighted by Crippen LogP contribution is -2.43. The van der Waals surface area contributed by atoms with Gasteiger partial charge in [-0.1, -0.05) is 29.5 Å². The zero-order valence-corrected chi connectivity index (χ0v) is 17.4. The fraction of sp³-hybridized carbons (Fsp3) is 0.250. The van der Waals surface area contributed by atoms with Gasteiger partial charge in [0, 0.05) is 31.9 Å². The smallest absolute Gasteiger partial charge is 0.320 e. The van der Waals surface area contributed by atoms with Crippen molar-refractivity contribution < 1.29 is 4.79 Å². The van der Waals surface area contributed by atoms with Crippen LogP contribution >= 0.6 is 23.3 Å². The molecule has 0 bridgehead atoms. The Morgan fingerprint density at radius 1 is 1.29 bits per heavy atom. The fourth-order valence-corrected chi connectivity index (χ4v) is 4.72. The topological polar surface area (TPSA) is 75.4 Å². The van der Waals surface area contributed by atoms with Crippen LogP contribution in [0.3, 0.4) is 0 Å². The molecular formula is C20H21N5OS2. The number of benzene rings is 1. The molecule has 28 heavy (non-hydrogen) atoms. The third kappa shape index (κ3) is 3.63. The molecule has 8 heteroatoms. The van der Waals surface area contributed by atoms with E-state index < -0.39 is 0 Å². The Labute approximate surface area is 172 Å². The van der Waals surface area contributed by atoms with E-state index >= 15 is 0 Å². The summed E-state index contributed by atoms with van der Waals surface area (Å²) in [5.74, 6) is 0. The lowest BCUT2D eigenvalue weighted by Gasteiger charge is -2.31. The predicted molar refractivity (Wildman–Crippen MR) is 114 cm³/mol. The highest BCUT2D eigenvalue weighted by atomic mass is 32.2. The number of hydrogen-bond acceptors (Lipinski definition) is 6. The number of amides is 2. The summed E-state index contributed by atoms with van der Waals surface area (Å²) >= 11 is 2.61.